The summed E-state index contributed by atoms with van der Waals surface area (Å²) >= 11 is 2.21. The van der Waals surface area contributed by atoms with Gasteiger partial charge in [0.25, 0.3) is 5.69 Å². The van der Waals surface area contributed by atoms with Crippen molar-refractivity contribution in [3.63, 3.8) is 0 Å². The topological polar surface area (TPSA) is 98.9 Å². The number of nitrogens with zero attached hydrogens (tertiary/aromatic N) is 3. The highest BCUT2D eigenvalue weighted by Gasteiger charge is 2.12. The highest BCUT2D eigenvalue weighted by Crippen LogP contribution is 2.34. The van der Waals surface area contributed by atoms with Gasteiger partial charge in [0.2, 0.25) is 0 Å². The second-order valence-corrected chi connectivity index (χ2v) is 8.15. The number of anilines is 1. The lowest BCUT2D eigenvalue weighted by Crippen LogP contribution is -2.01. The Morgan fingerprint density at radius 1 is 1.15 bits per heavy atom. The van der Waals surface area contributed by atoms with E-state index in [-0.39, 0.29) is 5.69 Å². The van der Waals surface area contributed by atoms with E-state index < -0.39 is 4.92 Å². The second kappa shape index (κ2) is 10.3. The molecule has 8 nitrogen and oxygen atoms in total. The normalized spacial score (nSPS) is 11.0. The molecule has 0 bridgehead atoms. The minimum Gasteiger partial charge on any atom is -0.493 e. The Labute approximate surface area is 203 Å². The number of nitrogens with one attached hydrogen (secondary N) is 1. The van der Waals surface area contributed by atoms with Crippen molar-refractivity contribution in [2.75, 3.05) is 12.5 Å². The maximum atomic E-state index is 10.7. The summed E-state index contributed by atoms with van der Waals surface area (Å²) in [7, 11) is 1.59. The number of rotatable bonds is 8. The maximum Gasteiger partial charge on any atom is 0.287 e. The van der Waals surface area contributed by atoms with E-state index in [0.29, 0.717) is 23.9 Å². The highest BCUT2D eigenvalue weighted by atomic mass is 127. The molecule has 0 amide bonds. The largest absolute Gasteiger partial charge is 0.493 e. The fraction of sp³-hybridized carbons (Fsp3) is 0.0833. The molecule has 0 saturated carbocycles. The van der Waals surface area contributed by atoms with Crippen LogP contribution in [0.25, 0.3) is 10.8 Å². The molecule has 1 aromatic heterocycles. The van der Waals surface area contributed by atoms with Gasteiger partial charge in [0, 0.05) is 6.07 Å². The zero-order valence-corrected chi connectivity index (χ0v) is 19.7. The van der Waals surface area contributed by atoms with Crippen LogP contribution in [0.4, 0.5) is 11.5 Å². The molecule has 1 N–H and O–H groups in total. The number of methoxy groups -OCH3 is 1. The van der Waals surface area contributed by atoms with Gasteiger partial charge in [-0.15, -0.1) is 0 Å². The molecule has 4 aromatic rings. The van der Waals surface area contributed by atoms with Gasteiger partial charge in [-0.2, -0.15) is 5.10 Å². The summed E-state index contributed by atoms with van der Waals surface area (Å²) in [6.07, 6.45) is 2.79. The number of fused-ring (bicyclic) bond motifs is 1. The van der Waals surface area contributed by atoms with Gasteiger partial charge >= 0.3 is 0 Å². The standard InChI is InChI=1S/C24H19IN4O4/c1-32-22-12-16(13-27-28-23-10-9-19(14-26-23)29(30)31)11-21(25)24(22)33-15-18-7-4-6-17-5-2-3-8-20(17)18/h2-14H,15H2,1H3,(H,26,28)/b27-13+. The summed E-state index contributed by atoms with van der Waals surface area (Å²) in [4.78, 5) is 14.2. The minimum atomic E-state index is -0.502. The molecule has 166 valence electrons. The molecular formula is C24H19IN4O4. The molecule has 0 spiro atoms. The van der Waals surface area contributed by atoms with Crippen LogP contribution in [-0.4, -0.2) is 23.2 Å². The van der Waals surface area contributed by atoms with Crippen LogP contribution in [0.15, 0.2) is 78.0 Å². The van der Waals surface area contributed by atoms with Gasteiger partial charge in [0.05, 0.1) is 21.8 Å². The Morgan fingerprint density at radius 3 is 2.73 bits per heavy atom. The zero-order chi connectivity index (χ0) is 23.2. The molecule has 0 atom stereocenters. The molecule has 0 unspecified atom stereocenters. The van der Waals surface area contributed by atoms with Crippen molar-refractivity contribution in [2.45, 2.75) is 6.61 Å². The van der Waals surface area contributed by atoms with Crippen molar-refractivity contribution in [1.29, 1.82) is 0 Å². The Kier molecular flexibility index (Phi) is 6.98. The Balaban J connectivity index is 1.48. The van der Waals surface area contributed by atoms with E-state index in [1.165, 1.54) is 23.7 Å². The molecule has 0 fully saturated rings. The first-order valence-corrected chi connectivity index (χ1v) is 11.0. The number of benzene rings is 3. The van der Waals surface area contributed by atoms with Crippen LogP contribution >= 0.6 is 22.6 Å². The van der Waals surface area contributed by atoms with Gasteiger partial charge in [-0.3, -0.25) is 15.5 Å². The van der Waals surface area contributed by atoms with Crippen LogP contribution < -0.4 is 14.9 Å². The first-order chi connectivity index (χ1) is 16.0. The summed E-state index contributed by atoms with van der Waals surface area (Å²) in [5.74, 6) is 1.65. The number of ether oxygens (including phenoxy) is 2. The molecule has 33 heavy (non-hydrogen) atoms. The third kappa shape index (κ3) is 5.37. The van der Waals surface area contributed by atoms with E-state index in [4.69, 9.17) is 9.47 Å². The van der Waals surface area contributed by atoms with E-state index in [1.807, 2.05) is 30.3 Å². The molecule has 3 aromatic carbocycles. The van der Waals surface area contributed by atoms with Gasteiger partial charge in [0.15, 0.2) is 11.5 Å². The third-order valence-electron chi connectivity index (χ3n) is 4.86. The van der Waals surface area contributed by atoms with E-state index in [1.54, 1.807) is 13.3 Å². The first kappa shape index (κ1) is 22.5. The first-order valence-electron chi connectivity index (χ1n) is 9.91. The van der Waals surface area contributed by atoms with Crippen molar-refractivity contribution in [3.05, 3.63) is 97.7 Å². The van der Waals surface area contributed by atoms with Gasteiger partial charge < -0.3 is 9.47 Å². The predicted molar refractivity (Wildman–Crippen MR) is 136 cm³/mol. The number of hydrogen-bond acceptors (Lipinski definition) is 7. The SMILES string of the molecule is COc1cc(/C=N/Nc2ccc([N+](=O)[O-])cn2)cc(I)c1OCc1cccc2ccccc12. The van der Waals surface area contributed by atoms with Crippen LogP contribution in [0.2, 0.25) is 0 Å². The summed E-state index contributed by atoms with van der Waals surface area (Å²) < 4.78 is 12.6. The molecule has 0 radical (unpaired) electrons. The van der Waals surface area contributed by atoms with E-state index in [0.717, 1.165) is 20.1 Å². The molecular weight excluding hydrogens is 535 g/mol. The third-order valence-corrected chi connectivity index (χ3v) is 5.66. The van der Waals surface area contributed by atoms with Crippen LogP contribution in [0, 0.1) is 13.7 Å². The monoisotopic (exact) mass is 554 g/mol. The highest BCUT2D eigenvalue weighted by molar-refractivity contribution is 14.1. The lowest BCUT2D eigenvalue weighted by molar-refractivity contribution is -0.385. The molecule has 1 heterocycles. The molecule has 0 aliphatic heterocycles. The lowest BCUT2D eigenvalue weighted by atomic mass is 10.1. The van der Waals surface area contributed by atoms with Crippen molar-refractivity contribution < 1.29 is 14.4 Å². The summed E-state index contributed by atoms with van der Waals surface area (Å²) in [6, 6.07) is 21.0. The van der Waals surface area contributed by atoms with Crippen molar-refractivity contribution in [1.82, 2.24) is 4.98 Å². The summed E-state index contributed by atoms with van der Waals surface area (Å²) in [5, 5.41) is 17.2. The van der Waals surface area contributed by atoms with Crippen molar-refractivity contribution in [3.8, 4) is 11.5 Å². The average Bonchev–Trinajstić information content (AvgIpc) is 2.83. The average molecular weight is 554 g/mol. The summed E-state index contributed by atoms with van der Waals surface area (Å²) in [5.41, 5.74) is 4.56. The lowest BCUT2D eigenvalue weighted by Gasteiger charge is -2.14. The molecule has 4 rings (SSSR count). The number of hydrogen-bond donors (Lipinski definition) is 1. The molecule has 0 aliphatic carbocycles. The van der Waals surface area contributed by atoms with Crippen LogP contribution in [0.1, 0.15) is 11.1 Å². The van der Waals surface area contributed by atoms with Gasteiger partial charge in [-0.05, 0) is 62.7 Å². The second-order valence-electron chi connectivity index (χ2n) is 6.99. The molecule has 0 aliphatic rings. The quantitative estimate of drug-likeness (QED) is 0.128. The van der Waals surface area contributed by atoms with Gasteiger partial charge in [0.1, 0.15) is 18.6 Å². The van der Waals surface area contributed by atoms with Gasteiger partial charge in [-0.25, -0.2) is 4.98 Å². The van der Waals surface area contributed by atoms with E-state index >= 15 is 0 Å². The number of pyridine rings is 1. The Hall–Kier alpha value is -3.73. The van der Waals surface area contributed by atoms with Crippen LogP contribution in [0.3, 0.4) is 0 Å². The molecule has 0 saturated heterocycles. The number of hydrazone groups is 1. The number of halogens is 1. The minimum absolute atomic E-state index is 0.0806. The van der Waals surface area contributed by atoms with Crippen molar-refractivity contribution in [2.24, 2.45) is 5.10 Å². The predicted octanol–water partition coefficient (Wildman–Crippen LogP) is 5.78. The van der Waals surface area contributed by atoms with E-state index in [2.05, 4.69) is 62.4 Å². The maximum absolute atomic E-state index is 10.7. The van der Waals surface area contributed by atoms with Gasteiger partial charge in [-0.1, -0.05) is 42.5 Å². The summed E-state index contributed by atoms with van der Waals surface area (Å²) in [6.45, 7) is 0.411. The van der Waals surface area contributed by atoms with E-state index in [9.17, 15) is 10.1 Å². The smallest absolute Gasteiger partial charge is 0.287 e. The number of nitro groups is 1. The van der Waals surface area contributed by atoms with Crippen molar-refractivity contribution >= 4 is 51.1 Å². The molecule has 9 heteroatoms. The Bertz CT molecular complexity index is 1320. The Morgan fingerprint density at radius 2 is 1.97 bits per heavy atom. The fourth-order valence-corrected chi connectivity index (χ4v) is 4.04. The fourth-order valence-electron chi connectivity index (χ4n) is 3.26. The zero-order valence-electron chi connectivity index (χ0n) is 17.6. The number of aromatic nitrogens is 1. The van der Waals surface area contributed by atoms with Crippen LogP contribution in [0.5, 0.6) is 11.5 Å². The van der Waals surface area contributed by atoms with Crippen LogP contribution in [-0.2, 0) is 6.61 Å².